The average Bonchev–Trinajstić information content (AvgIpc) is 3.39. The van der Waals surface area contributed by atoms with Crippen molar-refractivity contribution in [3.63, 3.8) is 0 Å². The van der Waals surface area contributed by atoms with Gasteiger partial charge in [-0.2, -0.15) is 0 Å². The zero-order valence-electron chi connectivity index (χ0n) is 26.8. The van der Waals surface area contributed by atoms with E-state index in [9.17, 15) is 4.39 Å². The van der Waals surface area contributed by atoms with Crippen LogP contribution in [-0.2, 0) is 20.1 Å². The molecule has 0 unspecified atom stereocenters. The maximum absolute atomic E-state index is 13.7. The van der Waals surface area contributed by atoms with E-state index in [4.69, 9.17) is 4.42 Å². The van der Waals surface area contributed by atoms with Gasteiger partial charge in [0.05, 0.1) is 13.7 Å². The van der Waals surface area contributed by atoms with Crippen molar-refractivity contribution in [3.05, 3.63) is 138 Å². The molecule has 1 radical (unpaired) electrons. The molecule has 0 aliphatic heterocycles. The Morgan fingerprint density at radius 2 is 1.52 bits per heavy atom. The van der Waals surface area contributed by atoms with Crippen LogP contribution >= 0.6 is 0 Å². The molecule has 3 aromatic heterocycles. The van der Waals surface area contributed by atoms with Crippen molar-refractivity contribution in [1.29, 1.82) is 0 Å². The van der Waals surface area contributed by atoms with Crippen molar-refractivity contribution in [2.75, 3.05) is 0 Å². The normalized spacial score (nSPS) is 11.2. The van der Waals surface area contributed by atoms with Gasteiger partial charge in [0.1, 0.15) is 11.4 Å². The summed E-state index contributed by atoms with van der Waals surface area (Å²) in [5, 5.41) is 3.02. The van der Waals surface area contributed by atoms with Gasteiger partial charge >= 0.3 is 0 Å². The summed E-state index contributed by atoms with van der Waals surface area (Å²) in [6, 6.07) is 35.5. The van der Waals surface area contributed by atoms with Crippen LogP contribution in [0.2, 0.25) is 19.6 Å². The molecule has 7 aromatic rings. The summed E-state index contributed by atoms with van der Waals surface area (Å²) in [5.74, 6) is -0.278. The minimum absolute atomic E-state index is 0. The van der Waals surface area contributed by atoms with E-state index < -0.39 is 8.07 Å². The number of aryl methyl sites for hydroxylation is 3. The van der Waals surface area contributed by atoms with E-state index in [2.05, 4.69) is 92.8 Å². The van der Waals surface area contributed by atoms with Crippen LogP contribution in [0, 0.1) is 38.7 Å². The maximum atomic E-state index is 13.7. The second-order valence-electron chi connectivity index (χ2n) is 12.5. The Labute approximate surface area is 284 Å². The molecule has 0 aliphatic carbocycles. The summed E-state index contributed by atoms with van der Waals surface area (Å²) >= 11 is 0. The van der Waals surface area contributed by atoms with E-state index >= 15 is 0 Å². The molecule has 0 bridgehead atoms. The molecule has 0 atom stereocenters. The fraction of sp³-hybridized carbons (Fsp3) is 0.150. The number of rotatable bonds is 4. The molecule has 3 heterocycles. The summed E-state index contributed by atoms with van der Waals surface area (Å²) < 4.78 is 19.8. The van der Waals surface area contributed by atoms with E-state index in [1.807, 2.05) is 54.9 Å². The Hall–Kier alpha value is -4.22. The second-order valence-corrected chi connectivity index (χ2v) is 17.6. The Morgan fingerprint density at radius 3 is 2.20 bits per heavy atom. The van der Waals surface area contributed by atoms with Crippen LogP contribution in [0.15, 0.2) is 108 Å². The van der Waals surface area contributed by atoms with Crippen LogP contribution in [0.4, 0.5) is 4.39 Å². The van der Waals surface area contributed by atoms with Gasteiger partial charge in [0.15, 0.2) is 0 Å². The summed E-state index contributed by atoms with van der Waals surface area (Å²) in [6.45, 7) is 13.4. The van der Waals surface area contributed by atoms with Gasteiger partial charge in [0.25, 0.3) is 0 Å². The van der Waals surface area contributed by atoms with E-state index in [1.165, 1.54) is 39.6 Å². The third-order valence-corrected chi connectivity index (χ3v) is 10.0. The largest absolute Gasteiger partial charge is 0.501 e. The molecule has 0 fully saturated rings. The van der Waals surface area contributed by atoms with Gasteiger partial charge in [-0.05, 0) is 83.9 Å². The van der Waals surface area contributed by atoms with Crippen molar-refractivity contribution in [2.24, 2.45) is 0 Å². The van der Waals surface area contributed by atoms with Crippen molar-refractivity contribution in [3.8, 4) is 33.6 Å². The fourth-order valence-corrected chi connectivity index (χ4v) is 6.85. The van der Waals surface area contributed by atoms with Crippen molar-refractivity contribution >= 4 is 35.2 Å². The van der Waals surface area contributed by atoms with E-state index in [0.717, 1.165) is 38.9 Å². The van der Waals surface area contributed by atoms with Crippen LogP contribution in [0.25, 0.3) is 55.6 Å². The van der Waals surface area contributed by atoms with Gasteiger partial charge < -0.3 is 14.4 Å². The molecular formula is C40H35FIrN2OSi-2. The van der Waals surface area contributed by atoms with Crippen LogP contribution in [-0.4, -0.2) is 18.0 Å². The van der Waals surface area contributed by atoms with E-state index in [1.54, 1.807) is 6.07 Å². The van der Waals surface area contributed by atoms with Crippen LogP contribution in [0.3, 0.4) is 0 Å². The first kappa shape index (κ1) is 33.1. The van der Waals surface area contributed by atoms with Crippen molar-refractivity contribution in [1.82, 2.24) is 9.97 Å². The van der Waals surface area contributed by atoms with Gasteiger partial charge in [-0.15, -0.1) is 54.1 Å². The molecule has 0 amide bonds. The summed E-state index contributed by atoms with van der Waals surface area (Å²) in [7, 11) is -1.23. The predicted octanol–water partition coefficient (Wildman–Crippen LogP) is 10.3. The first-order chi connectivity index (χ1) is 21.6. The molecule has 46 heavy (non-hydrogen) atoms. The zero-order chi connectivity index (χ0) is 31.7. The minimum atomic E-state index is -1.23. The number of aromatic nitrogens is 2. The number of nitrogens with zero attached hydrogens (tertiary/aromatic N) is 2. The molecule has 4 aromatic carbocycles. The van der Waals surface area contributed by atoms with Crippen LogP contribution in [0.1, 0.15) is 16.7 Å². The van der Waals surface area contributed by atoms with Crippen LogP contribution in [0.5, 0.6) is 0 Å². The molecule has 0 N–H and O–H groups in total. The Balaban J connectivity index is 0.000000209. The van der Waals surface area contributed by atoms with Crippen molar-refractivity contribution < 1.29 is 28.9 Å². The molecule has 0 aliphatic rings. The topological polar surface area (TPSA) is 38.9 Å². The third kappa shape index (κ3) is 6.95. The predicted molar refractivity (Wildman–Crippen MR) is 187 cm³/mol. The second kappa shape index (κ2) is 13.6. The Morgan fingerprint density at radius 1 is 0.739 bits per heavy atom. The van der Waals surface area contributed by atoms with Gasteiger partial charge in [0, 0.05) is 37.9 Å². The number of fused-ring (bicyclic) bond motifs is 3. The molecule has 0 spiro atoms. The number of hydrogen-bond donors (Lipinski definition) is 0. The average molecular weight is 799 g/mol. The number of hydrogen-bond acceptors (Lipinski definition) is 3. The quantitative estimate of drug-likeness (QED) is 0.132. The molecule has 7 rings (SSSR count). The fourth-order valence-electron chi connectivity index (χ4n) is 5.81. The Bertz CT molecular complexity index is 2110. The zero-order valence-corrected chi connectivity index (χ0v) is 30.2. The molecular weight excluding hydrogens is 764 g/mol. The standard InChI is InChI=1S/C26H19FNO.C14H16NSi.Ir/c1-15-11-16(2)25(17(3)12-15)18-9-10-28-23(13-18)21-6-4-5-20-22-14-19(27)7-8-24(22)29-26(20)21;1-16(2,3)13-9-10-14(15-11-13)12-7-5-4-6-8-12;/h4-5,7-14H,1-3H3;4-7,9-11H,1-3H3;/q2*-1;. The number of pyridine rings is 2. The smallest absolute Gasteiger partial charge is 0.124 e. The van der Waals surface area contributed by atoms with Gasteiger partial charge in [-0.1, -0.05) is 66.5 Å². The first-order valence-corrected chi connectivity index (χ1v) is 18.6. The molecule has 233 valence electrons. The molecule has 0 saturated carbocycles. The van der Waals surface area contributed by atoms with E-state index in [-0.39, 0.29) is 25.9 Å². The third-order valence-electron chi connectivity index (χ3n) is 7.99. The molecule has 6 heteroatoms. The van der Waals surface area contributed by atoms with E-state index in [0.29, 0.717) is 11.2 Å². The van der Waals surface area contributed by atoms with Gasteiger partial charge in [-0.3, -0.25) is 0 Å². The maximum Gasteiger partial charge on any atom is 0.124 e. The van der Waals surface area contributed by atoms with Crippen LogP contribution < -0.4 is 5.19 Å². The molecule has 3 nitrogen and oxygen atoms in total. The number of halogens is 1. The summed E-state index contributed by atoms with van der Waals surface area (Å²) in [6.07, 6.45) is 3.83. The SMILES string of the molecule is C[Si](C)(C)c1ccc(-c2[c-]cccc2)nc1.Cc1cc(C)c(-c2ccnc(-c3[c-]ccc4c3oc3ccc(F)cc34)c2)c(C)c1.[Ir]. The Kier molecular flexibility index (Phi) is 9.83. The number of furan rings is 1. The van der Waals surface area contributed by atoms with Gasteiger partial charge in [-0.25, -0.2) is 4.39 Å². The summed E-state index contributed by atoms with van der Waals surface area (Å²) in [4.78, 5) is 9.10. The summed E-state index contributed by atoms with van der Waals surface area (Å²) in [5.41, 5.74) is 11.0. The monoisotopic (exact) mass is 799 g/mol. The molecule has 0 saturated heterocycles. The first-order valence-electron chi connectivity index (χ1n) is 15.1. The van der Waals surface area contributed by atoms with Crippen molar-refractivity contribution in [2.45, 2.75) is 40.4 Å². The van der Waals surface area contributed by atoms with Gasteiger partial charge in [0.2, 0.25) is 0 Å². The minimum Gasteiger partial charge on any atom is -0.501 e. The number of benzene rings is 4.